The van der Waals surface area contributed by atoms with Crippen LogP contribution in [-0.2, 0) is 16.4 Å². The van der Waals surface area contributed by atoms with E-state index >= 15 is 0 Å². The topological polar surface area (TPSA) is 105 Å². The Morgan fingerprint density at radius 2 is 1.64 bits per heavy atom. The fourth-order valence-corrected chi connectivity index (χ4v) is 5.32. The molecule has 0 radical (unpaired) electrons. The van der Waals surface area contributed by atoms with Crippen LogP contribution < -0.4 is 20.7 Å². The van der Waals surface area contributed by atoms with Gasteiger partial charge in [0.1, 0.15) is 0 Å². The molecule has 0 heterocycles. The van der Waals surface area contributed by atoms with E-state index in [-0.39, 0.29) is 10.4 Å². The van der Waals surface area contributed by atoms with Crippen molar-refractivity contribution in [2.45, 2.75) is 43.7 Å². The number of anilines is 2. The number of nitrogens with one attached hydrogen (secondary N) is 2. The number of hydrogen-bond acceptors (Lipinski definition) is 4. The predicted molar refractivity (Wildman–Crippen MR) is 147 cm³/mol. The number of urea groups is 1. The van der Waals surface area contributed by atoms with Crippen molar-refractivity contribution in [3.05, 3.63) is 87.9 Å². The molecule has 0 bridgehead atoms. The van der Waals surface area contributed by atoms with Crippen LogP contribution in [0.5, 0.6) is 0 Å². The first-order chi connectivity index (χ1) is 16.8. The Balaban J connectivity index is 1.66. The molecule has 10 heteroatoms. The minimum Gasteiger partial charge on any atom is -0.331 e. The van der Waals surface area contributed by atoms with Gasteiger partial charge in [-0.1, -0.05) is 47.5 Å². The maximum Gasteiger partial charge on any atom is 0.319 e. The number of rotatable bonds is 8. The van der Waals surface area contributed by atoms with Gasteiger partial charge in [-0.15, -0.1) is 0 Å². The van der Waals surface area contributed by atoms with Gasteiger partial charge in [0.25, 0.3) is 10.0 Å². The smallest absolute Gasteiger partial charge is 0.319 e. The number of carbonyl (C=O) groups excluding carboxylic acids is 1. The summed E-state index contributed by atoms with van der Waals surface area (Å²) in [4.78, 5) is 12.5. The van der Waals surface area contributed by atoms with Crippen LogP contribution in [0.2, 0.25) is 10.0 Å². The van der Waals surface area contributed by atoms with Crippen LogP contribution in [0.25, 0.3) is 0 Å². The molecule has 4 N–H and O–H groups in total. The maximum atomic E-state index is 13.1. The van der Waals surface area contributed by atoms with Crippen LogP contribution in [0.4, 0.5) is 16.2 Å². The average molecular weight is 550 g/mol. The van der Waals surface area contributed by atoms with E-state index in [9.17, 15) is 13.2 Å². The summed E-state index contributed by atoms with van der Waals surface area (Å²) in [5.41, 5.74) is 8.39. The van der Waals surface area contributed by atoms with Crippen LogP contribution in [0.15, 0.2) is 71.6 Å². The average Bonchev–Trinajstić information content (AvgIpc) is 2.80. The largest absolute Gasteiger partial charge is 0.331 e. The van der Waals surface area contributed by atoms with Gasteiger partial charge < -0.3 is 16.4 Å². The van der Waals surface area contributed by atoms with E-state index in [1.807, 2.05) is 26.0 Å². The highest BCUT2D eigenvalue weighted by Crippen LogP contribution is 2.30. The standard InChI is InChI=1S/C26H30Cl2N4O3S/c1-17(22-6-5-7-23(27)24(22)28)30-25(33)31-19-10-14-21(15-11-19)36(34,35)32(4)20-12-8-18(9-13-20)16-26(2,3)29/h5-15,17H,16,29H2,1-4H3,(H2,30,31,33)/t17-/m0/s1. The highest BCUT2D eigenvalue weighted by molar-refractivity contribution is 7.92. The predicted octanol–water partition coefficient (Wildman–Crippen LogP) is 5.98. The second-order valence-corrected chi connectivity index (χ2v) is 12.0. The zero-order valence-corrected chi connectivity index (χ0v) is 22.9. The van der Waals surface area contributed by atoms with Gasteiger partial charge in [0, 0.05) is 18.3 Å². The minimum atomic E-state index is -3.80. The summed E-state index contributed by atoms with van der Waals surface area (Å²) < 4.78 is 27.5. The molecule has 0 aliphatic rings. The Morgan fingerprint density at radius 3 is 2.22 bits per heavy atom. The SMILES string of the molecule is C[C@H](NC(=O)Nc1ccc(S(=O)(=O)N(C)c2ccc(CC(C)(C)N)cc2)cc1)c1cccc(Cl)c1Cl. The summed E-state index contributed by atoms with van der Waals surface area (Å²) in [7, 11) is -2.30. The summed E-state index contributed by atoms with van der Waals surface area (Å²) >= 11 is 12.3. The van der Waals surface area contributed by atoms with E-state index in [0.717, 1.165) is 5.56 Å². The molecule has 1 atom stereocenters. The van der Waals surface area contributed by atoms with E-state index in [1.165, 1.54) is 35.6 Å². The number of nitrogens with two attached hydrogens (primary N) is 1. The number of benzene rings is 3. The molecule has 2 amide bonds. The van der Waals surface area contributed by atoms with Gasteiger partial charge in [-0.05, 0) is 80.8 Å². The fraction of sp³-hybridized carbons (Fsp3) is 0.269. The van der Waals surface area contributed by atoms with Crippen molar-refractivity contribution in [3.8, 4) is 0 Å². The third kappa shape index (κ3) is 6.91. The summed E-state index contributed by atoms with van der Waals surface area (Å²) in [6, 6.07) is 17.6. The first-order valence-electron chi connectivity index (χ1n) is 11.3. The molecule has 36 heavy (non-hydrogen) atoms. The molecule has 0 unspecified atom stereocenters. The quantitative estimate of drug-likeness (QED) is 0.322. The minimum absolute atomic E-state index is 0.0993. The molecule has 3 aromatic carbocycles. The fourth-order valence-electron chi connectivity index (χ4n) is 3.65. The highest BCUT2D eigenvalue weighted by Gasteiger charge is 2.22. The Bertz CT molecular complexity index is 1320. The van der Waals surface area contributed by atoms with Gasteiger partial charge in [-0.3, -0.25) is 4.31 Å². The molecule has 0 aliphatic carbocycles. The molecule has 0 spiro atoms. The van der Waals surface area contributed by atoms with Gasteiger partial charge in [0.15, 0.2) is 0 Å². The van der Waals surface area contributed by atoms with Crippen molar-refractivity contribution < 1.29 is 13.2 Å². The van der Waals surface area contributed by atoms with Gasteiger partial charge in [-0.2, -0.15) is 0 Å². The molecule has 7 nitrogen and oxygen atoms in total. The molecule has 0 aliphatic heterocycles. The normalized spacial score (nSPS) is 12.6. The number of halogens is 2. The van der Waals surface area contributed by atoms with E-state index in [2.05, 4.69) is 10.6 Å². The number of carbonyl (C=O) groups is 1. The molecular weight excluding hydrogens is 519 g/mol. The maximum absolute atomic E-state index is 13.1. The lowest BCUT2D eigenvalue weighted by Crippen LogP contribution is -2.34. The van der Waals surface area contributed by atoms with Crippen LogP contribution >= 0.6 is 23.2 Å². The summed E-state index contributed by atoms with van der Waals surface area (Å²) in [6.07, 6.45) is 0.677. The number of nitrogens with zero attached hydrogens (tertiary/aromatic N) is 1. The van der Waals surface area contributed by atoms with Gasteiger partial charge >= 0.3 is 6.03 Å². The second kappa shape index (κ2) is 11.1. The third-order valence-electron chi connectivity index (χ3n) is 5.53. The van der Waals surface area contributed by atoms with Crippen molar-refractivity contribution in [2.75, 3.05) is 16.7 Å². The lowest BCUT2D eigenvalue weighted by molar-refractivity contribution is 0.249. The monoisotopic (exact) mass is 548 g/mol. The Kier molecular flexibility index (Phi) is 8.56. The first kappa shape index (κ1) is 27.8. The van der Waals surface area contributed by atoms with Crippen LogP contribution in [0.3, 0.4) is 0 Å². The molecule has 0 aromatic heterocycles. The number of hydrogen-bond donors (Lipinski definition) is 3. The van der Waals surface area contributed by atoms with Crippen molar-refractivity contribution in [2.24, 2.45) is 5.73 Å². The van der Waals surface area contributed by atoms with Gasteiger partial charge in [-0.25, -0.2) is 13.2 Å². The Labute approximate surface area is 222 Å². The van der Waals surface area contributed by atoms with Crippen molar-refractivity contribution >= 4 is 50.6 Å². The molecule has 3 rings (SSSR count). The molecule has 0 fully saturated rings. The molecule has 0 saturated carbocycles. The van der Waals surface area contributed by atoms with Crippen molar-refractivity contribution in [3.63, 3.8) is 0 Å². The van der Waals surface area contributed by atoms with E-state index < -0.39 is 22.1 Å². The van der Waals surface area contributed by atoms with Crippen LogP contribution in [0.1, 0.15) is 37.9 Å². The van der Waals surface area contributed by atoms with Crippen molar-refractivity contribution in [1.82, 2.24) is 5.32 Å². The lowest BCUT2D eigenvalue weighted by Gasteiger charge is -2.22. The van der Waals surface area contributed by atoms with Crippen LogP contribution in [-0.4, -0.2) is 27.0 Å². The molecule has 192 valence electrons. The Morgan fingerprint density at radius 1 is 1.03 bits per heavy atom. The third-order valence-corrected chi connectivity index (χ3v) is 8.16. The zero-order valence-electron chi connectivity index (χ0n) is 20.5. The molecule has 0 saturated heterocycles. The van der Waals surface area contributed by atoms with Gasteiger partial charge in [0.2, 0.25) is 0 Å². The molecule has 3 aromatic rings. The zero-order chi connectivity index (χ0) is 26.7. The van der Waals surface area contributed by atoms with Crippen molar-refractivity contribution in [1.29, 1.82) is 0 Å². The lowest BCUT2D eigenvalue weighted by atomic mass is 9.96. The number of amides is 2. The van der Waals surface area contributed by atoms with E-state index in [1.54, 1.807) is 37.3 Å². The highest BCUT2D eigenvalue weighted by atomic mass is 35.5. The Hall–Kier alpha value is -2.78. The van der Waals surface area contributed by atoms with E-state index in [0.29, 0.717) is 33.4 Å². The number of sulfonamides is 1. The summed E-state index contributed by atoms with van der Waals surface area (Å²) in [6.45, 7) is 5.66. The summed E-state index contributed by atoms with van der Waals surface area (Å²) in [5, 5.41) is 6.27. The molecular formula is C26H30Cl2N4O3S. The second-order valence-electron chi connectivity index (χ2n) is 9.29. The van der Waals surface area contributed by atoms with Gasteiger partial charge in [0.05, 0.1) is 26.7 Å². The summed E-state index contributed by atoms with van der Waals surface area (Å²) in [5.74, 6) is 0. The van der Waals surface area contributed by atoms with E-state index in [4.69, 9.17) is 28.9 Å². The first-order valence-corrected chi connectivity index (χ1v) is 13.5. The van der Waals surface area contributed by atoms with Crippen LogP contribution in [0, 0.1) is 0 Å².